The molecule has 170 valence electrons. The van der Waals surface area contributed by atoms with Crippen molar-refractivity contribution in [1.29, 1.82) is 0 Å². The Bertz CT molecular complexity index is 853. The minimum absolute atomic E-state index is 0.173. The highest BCUT2D eigenvalue weighted by Gasteiger charge is 2.18. The lowest BCUT2D eigenvalue weighted by atomic mass is 9.93. The van der Waals surface area contributed by atoms with Crippen molar-refractivity contribution in [3.05, 3.63) is 54.1 Å². The van der Waals surface area contributed by atoms with Crippen molar-refractivity contribution in [2.45, 2.75) is 39.5 Å². The minimum Gasteiger partial charge on any atom is -0.489 e. The third-order valence-corrected chi connectivity index (χ3v) is 5.14. The Morgan fingerprint density at radius 3 is 2.61 bits per heavy atom. The van der Waals surface area contributed by atoms with Gasteiger partial charge in [-0.05, 0) is 55.8 Å². The highest BCUT2D eigenvalue weighted by molar-refractivity contribution is 5.88. The van der Waals surface area contributed by atoms with Crippen molar-refractivity contribution in [2.24, 2.45) is 5.41 Å². The Labute approximate surface area is 187 Å². The Morgan fingerprint density at radius 1 is 1.13 bits per heavy atom. The topological polar surface area (TPSA) is 61.8 Å². The number of fused-ring (bicyclic) bond motifs is 1. The Balaban J connectivity index is 1.98. The van der Waals surface area contributed by atoms with E-state index in [9.17, 15) is 4.79 Å². The zero-order valence-corrected chi connectivity index (χ0v) is 19.5. The fourth-order valence-electron chi connectivity index (χ4n) is 3.87. The molecule has 0 aliphatic heterocycles. The summed E-state index contributed by atoms with van der Waals surface area (Å²) >= 11 is 0. The lowest BCUT2D eigenvalue weighted by Gasteiger charge is -2.28. The van der Waals surface area contributed by atoms with E-state index in [1.54, 1.807) is 0 Å². The maximum atomic E-state index is 10.7. The molecule has 0 bridgehead atoms. The zero-order chi connectivity index (χ0) is 22.7. The van der Waals surface area contributed by atoms with Gasteiger partial charge in [0.25, 0.3) is 0 Å². The van der Waals surface area contributed by atoms with Crippen LogP contribution in [0.5, 0.6) is 5.75 Å². The molecule has 5 nitrogen and oxygen atoms in total. The first-order valence-corrected chi connectivity index (χ1v) is 11.1. The number of nitrogens with one attached hydrogen (secondary N) is 1. The van der Waals surface area contributed by atoms with Gasteiger partial charge >= 0.3 is 5.97 Å². The Kier molecular flexibility index (Phi) is 10.0. The number of rotatable bonds is 14. The highest BCUT2D eigenvalue weighted by Crippen LogP contribution is 2.25. The fourth-order valence-corrected chi connectivity index (χ4v) is 3.87. The molecule has 0 aliphatic carbocycles. The average Bonchev–Trinajstić information content (AvgIpc) is 2.70. The van der Waals surface area contributed by atoms with E-state index in [0.29, 0.717) is 13.0 Å². The standard InChI is InChI=1S/C26H38N2O3/c1-26(2,20-28(3)4)19-27-17-21(11-6-5-7-16-25(29)30)18-31-24-15-10-13-22-12-8-9-14-23(22)24/h8-15,27H,5-7,16-20H2,1-4H3,(H,29,30)/b21-11-. The Morgan fingerprint density at radius 2 is 1.87 bits per heavy atom. The number of unbranched alkanes of at least 4 members (excludes halogenated alkanes) is 2. The average molecular weight is 427 g/mol. The molecule has 31 heavy (non-hydrogen) atoms. The fraction of sp³-hybridized carbons (Fsp3) is 0.500. The highest BCUT2D eigenvalue weighted by atomic mass is 16.5. The predicted octanol–water partition coefficient (Wildman–Crippen LogP) is 4.97. The van der Waals surface area contributed by atoms with Crippen molar-refractivity contribution in [3.63, 3.8) is 0 Å². The van der Waals surface area contributed by atoms with E-state index in [1.165, 1.54) is 11.0 Å². The minimum atomic E-state index is -0.728. The van der Waals surface area contributed by atoms with E-state index in [0.717, 1.165) is 43.6 Å². The molecule has 0 unspecified atom stereocenters. The van der Waals surface area contributed by atoms with E-state index < -0.39 is 5.97 Å². The van der Waals surface area contributed by atoms with Crippen LogP contribution in [0.1, 0.15) is 39.5 Å². The van der Waals surface area contributed by atoms with Gasteiger partial charge in [0.1, 0.15) is 12.4 Å². The van der Waals surface area contributed by atoms with E-state index in [-0.39, 0.29) is 11.8 Å². The molecule has 0 radical (unpaired) electrons. The van der Waals surface area contributed by atoms with Crippen LogP contribution in [0.15, 0.2) is 54.1 Å². The van der Waals surface area contributed by atoms with Crippen LogP contribution in [0.25, 0.3) is 10.8 Å². The molecule has 2 N–H and O–H groups in total. The lowest BCUT2D eigenvalue weighted by molar-refractivity contribution is -0.137. The van der Waals surface area contributed by atoms with Crippen LogP contribution < -0.4 is 10.1 Å². The molecule has 0 amide bonds. The van der Waals surface area contributed by atoms with Gasteiger partial charge in [-0.1, -0.05) is 56.3 Å². The van der Waals surface area contributed by atoms with Crippen molar-refractivity contribution >= 4 is 16.7 Å². The van der Waals surface area contributed by atoms with Gasteiger partial charge in [0, 0.05) is 31.4 Å². The first kappa shape index (κ1) is 24.9. The molecule has 2 aromatic rings. The summed E-state index contributed by atoms with van der Waals surface area (Å²) in [7, 11) is 4.20. The van der Waals surface area contributed by atoms with E-state index in [4.69, 9.17) is 9.84 Å². The third-order valence-electron chi connectivity index (χ3n) is 5.14. The van der Waals surface area contributed by atoms with Crippen LogP contribution in [-0.4, -0.2) is 56.3 Å². The van der Waals surface area contributed by atoms with Crippen molar-refractivity contribution in [2.75, 3.05) is 40.3 Å². The van der Waals surface area contributed by atoms with Gasteiger partial charge in [0.05, 0.1) is 0 Å². The number of ether oxygens (including phenoxy) is 1. The summed E-state index contributed by atoms with van der Waals surface area (Å²) in [4.78, 5) is 12.9. The monoisotopic (exact) mass is 426 g/mol. The van der Waals surface area contributed by atoms with Gasteiger partial charge in [-0.15, -0.1) is 0 Å². The zero-order valence-electron chi connectivity index (χ0n) is 19.5. The first-order chi connectivity index (χ1) is 14.8. The number of carboxylic acid groups (broad SMARTS) is 1. The second-order valence-corrected chi connectivity index (χ2v) is 9.27. The molecule has 0 heterocycles. The SMILES string of the molecule is CN(C)CC(C)(C)CNC/C(=C/CCCCC(=O)O)COc1cccc2ccccc12. The molecular weight excluding hydrogens is 388 g/mol. The largest absolute Gasteiger partial charge is 0.489 e. The normalized spacial score (nSPS) is 12.5. The number of aliphatic carboxylic acids is 1. The van der Waals surface area contributed by atoms with Gasteiger partial charge in [-0.2, -0.15) is 0 Å². The summed E-state index contributed by atoms with van der Waals surface area (Å²) in [5, 5.41) is 14.7. The summed E-state index contributed by atoms with van der Waals surface area (Å²) in [5.74, 6) is 0.163. The van der Waals surface area contributed by atoms with Crippen molar-refractivity contribution in [1.82, 2.24) is 10.2 Å². The molecule has 2 aromatic carbocycles. The number of carbonyl (C=O) groups is 1. The van der Waals surface area contributed by atoms with E-state index in [2.05, 4.69) is 62.4 Å². The van der Waals surface area contributed by atoms with Crippen LogP contribution in [-0.2, 0) is 4.79 Å². The van der Waals surface area contributed by atoms with Crippen LogP contribution >= 0.6 is 0 Å². The maximum Gasteiger partial charge on any atom is 0.303 e. The van der Waals surface area contributed by atoms with Crippen LogP contribution in [0, 0.1) is 5.41 Å². The molecule has 0 aromatic heterocycles. The molecule has 0 spiro atoms. The van der Waals surface area contributed by atoms with Gasteiger partial charge in [-0.3, -0.25) is 4.79 Å². The quantitative estimate of drug-likeness (QED) is 0.330. The summed E-state index contributed by atoms with van der Waals surface area (Å²) in [6.45, 7) is 7.74. The Hall–Kier alpha value is -2.37. The molecular formula is C26H38N2O3. The maximum absolute atomic E-state index is 10.7. The van der Waals surface area contributed by atoms with Crippen LogP contribution in [0.2, 0.25) is 0 Å². The third kappa shape index (κ3) is 9.53. The lowest BCUT2D eigenvalue weighted by Crippen LogP contribution is -2.38. The molecule has 0 saturated heterocycles. The van der Waals surface area contributed by atoms with E-state index >= 15 is 0 Å². The van der Waals surface area contributed by atoms with Gasteiger partial charge in [0.15, 0.2) is 0 Å². The van der Waals surface area contributed by atoms with Gasteiger partial charge in [0.2, 0.25) is 0 Å². The summed E-state index contributed by atoms with van der Waals surface area (Å²) < 4.78 is 6.21. The predicted molar refractivity (Wildman–Crippen MR) is 129 cm³/mol. The number of nitrogens with zero attached hydrogens (tertiary/aromatic N) is 1. The number of benzene rings is 2. The van der Waals surface area contributed by atoms with E-state index in [1.807, 2.05) is 24.3 Å². The van der Waals surface area contributed by atoms with Crippen molar-refractivity contribution in [3.8, 4) is 5.75 Å². The molecule has 2 rings (SSSR count). The summed E-state index contributed by atoms with van der Waals surface area (Å²) in [6.07, 6.45) is 4.87. The molecule has 0 fully saturated rings. The number of hydrogen-bond donors (Lipinski definition) is 2. The van der Waals surface area contributed by atoms with Gasteiger partial charge in [-0.25, -0.2) is 0 Å². The molecule has 0 aliphatic rings. The smallest absolute Gasteiger partial charge is 0.303 e. The van der Waals surface area contributed by atoms with Crippen molar-refractivity contribution < 1.29 is 14.6 Å². The van der Waals surface area contributed by atoms with Gasteiger partial charge < -0.3 is 20.1 Å². The second kappa shape index (κ2) is 12.5. The number of allylic oxidation sites excluding steroid dienone is 1. The molecule has 0 atom stereocenters. The summed E-state index contributed by atoms with van der Waals surface area (Å²) in [6, 6.07) is 14.4. The summed E-state index contributed by atoms with van der Waals surface area (Å²) in [5.41, 5.74) is 1.37. The van der Waals surface area contributed by atoms with Crippen LogP contribution in [0.4, 0.5) is 0 Å². The second-order valence-electron chi connectivity index (χ2n) is 9.27. The number of hydrogen-bond acceptors (Lipinski definition) is 4. The molecule has 5 heteroatoms. The number of carboxylic acids is 1. The first-order valence-electron chi connectivity index (χ1n) is 11.1. The molecule has 0 saturated carbocycles. The van der Waals surface area contributed by atoms with Crippen LogP contribution in [0.3, 0.4) is 0 Å².